The number of hydrazone groups is 1. The molecular formula is C15H18N4O. The van der Waals surface area contributed by atoms with Crippen molar-refractivity contribution in [1.82, 2.24) is 9.97 Å². The highest BCUT2D eigenvalue weighted by molar-refractivity contribution is 5.79. The van der Waals surface area contributed by atoms with E-state index in [9.17, 15) is 4.79 Å². The summed E-state index contributed by atoms with van der Waals surface area (Å²) < 4.78 is 0. The van der Waals surface area contributed by atoms with Gasteiger partial charge in [0.05, 0.1) is 6.21 Å². The molecule has 0 bridgehead atoms. The SMILES string of the molecule is CCCc1cc(=O)[nH]c(NN=Cc2ccc(C)cc2)n1. The van der Waals surface area contributed by atoms with Crippen LogP contribution in [0, 0.1) is 6.92 Å². The lowest BCUT2D eigenvalue weighted by Gasteiger charge is -2.02. The molecule has 1 aromatic carbocycles. The molecule has 0 atom stereocenters. The average molecular weight is 270 g/mol. The molecule has 0 fully saturated rings. The molecule has 0 unspecified atom stereocenters. The van der Waals surface area contributed by atoms with Gasteiger partial charge in [0.1, 0.15) is 0 Å². The molecule has 2 rings (SSSR count). The molecule has 0 amide bonds. The van der Waals surface area contributed by atoms with E-state index in [2.05, 4.69) is 20.5 Å². The molecule has 20 heavy (non-hydrogen) atoms. The largest absolute Gasteiger partial charge is 0.291 e. The predicted octanol–water partition coefficient (Wildman–Crippen LogP) is 2.48. The van der Waals surface area contributed by atoms with Gasteiger partial charge in [-0.25, -0.2) is 10.4 Å². The molecule has 0 aliphatic heterocycles. The molecular weight excluding hydrogens is 252 g/mol. The first-order valence-electron chi connectivity index (χ1n) is 6.63. The normalized spacial score (nSPS) is 10.9. The molecule has 1 heterocycles. The summed E-state index contributed by atoms with van der Waals surface area (Å²) in [6.45, 7) is 4.08. The lowest BCUT2D eigenvalue weighted by Crippen LogP contribution is -2.11. The lowest BCUT2D eigenvalue weighted by molar-refractivity contribution is 0.867. The minimum atomic E-state index is -0.170. The van der Waals surface area contributed by atoms with E-state index < -0.39 is 0 Å². The Bertz CT molecular complexity index is 644. The molecule has 0 aliphatic carbocycles. The predicted molar refractivity (Wildman–Crippen MR) is 81.2 cm³/mol. The second-order valence-electron chi connectivity index (χ2n) is 4.62. The van der Waals surface area contributed by atoms with Crippen molar-refractivity contribution < 1.29 is 0 Å². The molecule has 0 saturated heterocycles. The molecule has 0 aliphatic rings. The summed E-state index contributed by atoms with van der Waals surface area (Å²) >= 11 is 0. The number of aromatic nitrogens is 2. The Morgan fingerprint density at radius 1 is 1.35 bits per heavy atom. The first-order valence-corrected chi connectivity index (χ1v) is 6.63. The summed E-state index contributed by atoms with van der Waals surface area (Å²) in [6, 6.07) is 9.50. The van der Waals surface area contributed by atoms with Crippen LogP contribution in [0.15, 0.2) is 40.2 Å². The maximum absolute atomic E-state index is 11.5. The highest BCUT2D eigenvalue weighted by atomic mass is 16.1. The van der Waals surface area contributed by atoms with Crippen molar-refractivity contribution in [3.05, 3.63) is 57.5 Å². The van der Waals surface area contributed by atoms with Gasteiger partial charge in [0.15, 0.2) is 0 Å². The molecule has 2 N–H and O–H groups in total. The van der Waals surface area contributed by atoms with Crippen LogP contribution in [-0.4, -0.2) is 16.2 Å². The molecule has 5 nitrogen and oxygen atoms in total. The maximum Gasteiger partial charge on any atom is 0.252 e. The number of H-pyrrole nitrogens is 1. The smallest absolute Gasteiger partial charge is 0.252 e. The van der Waals surface area contributed by atoms with Crippen molar-refractivity contribution in [2.75, 3.05) is 5.43 Å². The number of hydrogen-bond donors (Lipinski definition) is 2. The van der Waals surface area contributed by atoms with E-state index in [1.807, 2.05) is 38.1 Å². The standard InChI is InChI=1S/C15H18N4O/c1-3-4-13-9-14(20)18-15(17-13)19-16-10-12-7-5-11(2)6-8-12/h5-10H,3-4H2,1-2H3,(H2,17,18,19,20). The van der Waals surface area contributed by atoms with Crippen LogP contribution in [0.3, 0.4) is 0 Å². The monoisotopic (exact) mass is 270 g/mol. The van der Waals surface area contributed by atoms with Crippen LogP contribution >= 0.6 is 0 Å². The topological polar surface area (TPSA) is 70.1 Å². The Balaban J connectivity index is 2.06. The average Bonchev–Trinajstić information content (AvgIpc) is 2.41. The van der Waals surface area contributed by atoms with Gasteiger partial charge in [0.25, 0.3) is 5.56 Å². The van der Waals surface area contributed by atoms with Crippen molar-refractivity contribution in [1.29, 1.82) is 0 Å². The van der Waals surface area contributed by atoms with E-state index in [4.69, 9.17) is 0 Å². The van der Waals surface area contributed by atoms with E-state index in [1.54, 1.807) is 6.21 Å². The van der Waals surface area contributed by atoms with Crippen molar-refractivity contribution >= 4 is 12.2 Å². The van der Waals surface area contributed by atoms with E-state index in [1.165, 1.54) is 11.6 Å². The zero-order valence-electron chi connectivity index (χ0n) is 11.7. The van der Waals surface area contributed by atoms with Crippen LogP contribution in [0.4, 0.5) is 5.95 Å². The number of benzene rings is 1. The third-order valence-electron chi connectivity index (χ3n) is 2.76. The van der Waals surface area contributed by atoms with Crippen LogP contribution in [0.5, 0.6) is 0 Å². The molecule has 0 spiro atoms. The zero-order chi connectivity index (χ0) is 14.4. The van der Waals surface area contributed by atoms with Crippen molar-refractivity contribution in [2.45, 2.75) is 26.7 Å². The molecule has 5 heteroatoms. The fraction of sp³-hybridized carbons (Fsp3) is 0.267. The van der Waals surface area contributed by atoms with E-state index in [-0.39, 0.29) is 5.56 Å². The quantitative estimate of drug-likeness (QED) is 0.647. The number of hydrogen-bond acceptors (Lipinski definition) is 4. The number of rotatable bonds is 5. The van der Waals surface area contributed by atoms with E-state index in [0.717, 1.165) is 24.1 Å². The molecule has 0 radical (unpaired) electrons. The summed E-state index contributed by atoms with van der Waals surface area (Å²) in [4.78, 5) is 18.4. The molecule has 1 aromatic heterocycles. The first-order chi connectivity index (χ1) is 9.67. The van der Waals surface area contributed by atoms with Gasteiger partial charge in [-0.1, -0.05) is 43.2 Å². The summed E-state index contributed by atoms with van der Waals surface area (Å²) in [7, 11) is 0. The number of anilines is 1. The Morgan fingerprint density at radius 3 is 2.80 bits per heavy atom. The lowest BCUT2D eigenvalue weighted by atomic mass is 10.2. The third kappa shape index (κ3) is 4.05. The zero-order valence-corrected chi connectivity index (χ0v) is 11.7. The minimum absolute atomic E-state index is 0.170. The van der Waals surface area contributed by atoms with Gasteiger partial charge >= 0.3 is 0 Å². The Hall–Kier alpha value is -2.43. The first kappa shape index (κ1) is 14.0. The van der Waals surface area contributed by atoms with Crippen LogP contribution in [-0.2, 0) is 6.42 Å². The van der Waals surface area contributed by atoms with Gasteiger partial charge in [-0.05, 0) is 18.9 Å². The van der Waals surface area contributed by atoms with Crippen LogP contribution in [0.1, 0.15) is 30.2 Å². The van der Waals surface area contributed by atoms with E-state index >= 15 is 0 Å². The van der Waals surface area contributed by atoms with Gasteiger partial charge in [0, 0.05) is 11.8 Å². The minimum Gasteiger partial charge on any atom is -0.291 e. The van der Waals surface area contributed by atoms with E-state index in [0.29, 0.717) is 5.95 Å². The van der Waals surface area contributed by atoms with Crippen molar-refractivity contribution in [2.24, 2.45) is 5.10 Å². The van der Waals surface area contributed by atoms with Gasteiger partial charge in [-0.15, -0.1) is 0 Å². The number of aryl methyl sites for hydroxylation is 2. The Labute approximate surface area is 117 Å². The van der Waals surface area contributed by atoms with Crippen LogP contribution < -0.4 is 11.0 Å². The van der Waals surface area contributed by atoms with Crippen molar-refractivity contribution in [3.8, 4) is 0 Å². The summed E-state index contributed by atoms with van der Waals surface area (Å²) in [5, 5.41) is 4.08. The summed E-state index contributed by atoms with van der Waals surface area (Å²) in [5.74, 6) is 0.365. The fourth-order valence-corrected chi connectivity index (χ4v) is 1.77. The van der Waals surface area contributed by atoms with Gasteiger partial charge in [-0.2, -0.15) is 5.10 Å². The highest BCUT2D eigenvalue weighted by Gasteiger charge is 1.99. The van der Waals surface area contributed by atoms with Crippen LogP contribution in [0.2, 0.25) is 0 Å². The van der Waals surface area contributed by atoms with Gasteiger partial charge in [-0.3, -0.25) is 9.78 Å². The number of nitrogens with zero attached hydrogens (tertiary/aromatic N) is 2. The summed E-state index contributed by atoms with van der Waals surface area (Å²) in [5.41, 5.74) is 5.53. The van der Waals surface area contributed by atoms with Crippen molar-refractivity contribution in [3.63, 3.8) is 0 Å². The molecule has 0 saturated carbocycles. The maximum atomic E-state index is 11.5. The molecule has 104 valence electrons. The molecule has 2 aromatic rings. The fourth-order valence-electron chi connectivity index (χ4n) is 1.77. The van der Waals surface area contributed by atoms with Gasteiger partial charge < -0.3 is 0 Å². The number of aromatic amines is 1. The van der Waals surface area contributed by atoms with Gasteiger partial charge in [0.2, 0.25) is 5.95 Å². The number of nitrogens with one attached hydrogen (secondary N) is 2. The Morgan fingerprint density at radius 2 is 2.10 bits per heavy atom. The second kappa shape index (κ2) is 6.65. The van der Waals surface area contributed by atoms with Crippen LogP contribution in [0.25, 0.3) is 0 Å². The summed E-state index contributed by atoms with van der Waals surface area (Å²) in [6.07, 6.45) is 3.41. The Kier molecular flexibility index (Phi) is 4.65. The second-order valence-corrected chi connectivity index (χ2v) is 4.62. The highest BCUT2D eigenvalue weighted by Crippen LogP contribution is 2.02. The third-order valence-corrected chi connectivity index (χ3v) is 2.76.